The Morgan fingerprint density at radius 1 is 0.931 bits per heavy atom. The SMILES string of the molecule is Cn1c(=O)c(=O)n(C)c2cc(S(=O)(=O)N3CCC[C@@H]3c3ccc(Cl)cc3)ccc21. The standard InChI is InChI=1S/C20H20ClN3O4S/c1-22-17-10-9-15(12-18(17)23(2)20(26)19(22)25)29(27,28)24-11-3-4-16(24)13-5-7-14(21)8-6-13/h5-10,12,16H,3-4,11H2,1-2H3/t16-/m1/s1. The molecule has 2 aromatic carbocycles. The van der Waals surface area contributed by atoms with Crippen molar-refractivity contribution in [1.82, 2.24) is 13.4 Å². The molecule has 0 amide bonds. The van der Waals surface area contributed by atoms with Gasteiger partial charge in [0.05, 0.1) is 22.0 Å². The van der Waals surface area contributed by atoms with Crippen LogP contribution in [0.5, 0.6) is 0 Å². The molecule has 2 heterocycles. The number of fused-ring (bicyclic) bond motifs is 1. The molecule has 9 heteroatoms. The predicted molar refractivity (Wildman–Crippen MR) is 112 cm³/mol. The average molecular weight is 434 g/mol. The summed E-state index contributed by atoms with van der Waals surface area (Å²) >= 11 is 5.96. The Bertz CT molecular complexity index is 1330. The lowest BCUT2D eigenvalue weighted by Crippen LogP contribution is -2.39. The zero-order chi connectivity index (χ0) is 20.9. The molecule has 0 radical (unpaired) electrons. The number of halogens is 1. The highest BCUT2D eigenvalue weighted by atomic mass is 35.5. The number of hydrogen-bond acceptors (Lipinski definition) is 4. The summed E-state index contributed by atoms with van der Waals surface area (Å²) in [5, 5.41) is 0.599. The molecule has 0 bridgehead atoms. The zero-order valence-corrected chi connectivity index (χ0v) is 17.6. The number of sulfonamides is 1. The second-order valence-corrected chi connectivity index (χ2v) is 9.53. The van der Waals surface area contributed by atoms with E-state index in [-0.39, 0.29) is 10.9 Å². The number of rotatable bonds is 3. The third kappa shape index (κ3) is 3.21. The molecule has 0 N–H and O–H groups in total. The number of nitrogens with zero attached hydrogens (tertiary/aromatic N) is 3. The second-order valence-electron chi connectivity index (χ2n) is 7.20. The van der Waals surface area contributed by atoms with Crippen LogP contribution >= 0.6 is 11.6 Å². The van der Waals surface area contributed by atoms with Crippen LogP contribution in [0.4, 0.5) is 0 Å². The summed E-state index contributed by atoms with van der Waals surface area (Å²) in [6.45, 7) is 0.417. The zero-order valence-electron chi connectivity index (χ0n) is 16.0. The first kappa shape index (κ1) is 19.9. The van der Waals surface area contributed by atoms with E-state index in [2.05, 4.69) is 0 Å². The van der Waals surface area contributed by atoms with Crippen molar-refractivity contribution in [3.8, 4) is 0 Å². The van der Waals surface area contributed by atoms with Gasteiger partial charge in [0.25, 0.3) is 0 Å². The Morgan fingerprint density at radius 3 is 2.21 bits per heavy atom. The fraction of sp³-hybridized carbons (Fsp3) is 0.300. The van der Waals surface area contributed by atoms with Gasteiger partial charge in [0.15, 0.2) is 0 Å². The van der Waals surface area contributed by atoms with Gasteiger partial charge >= 0.3 is 11.1 Å². The normalized spacial score (nSPS) is 17.8. The molecule has 29 heavy (non-hydrogen) atoms. The van der Waals surface area contributed by atoms with E-state index in [0.29, 0.717) is 22.6 Å². The lowest BCUT2D eigenvalue weighted by Gasteiger charge is -2.25. The predicted octanol–water partition coefficient (Wildman–Crippen LogP) is 2.42. The van der Waals surface area contributed by atoms with Gasteiger partial charge in [0.2, 0.25) is 10.0 Å². The van der Waals surface area contributed by atoms with Crippen molar-refractivity contribution < 1.29 is 8.42 Å². The molecule has 0 saturated carbocycles. The highest BCUT2D eigenvalue weighted by Crippen LogP contribution is 2.37. The molecule has 1 saturated heterocycles. The number of aromatic nitrogens is 2. The maximum atomic E-state index is 13.4. The van der Waals surface area contributed by atoms with Gasteiger partial charge < -0.3 is 9.13 Å². The first-order valence-electron chi connectivity index (χ1n) is 9.19. The van der Waals surface area contributed by atoms with Crippen LogP contribution in [0.25, 0.3) is 11.0 Å². The van der Waals surface area contributed by atoms with E-state index in [1.54, 1.807) is 18.2 Å². The largest absolute Gasteiger partial charge is 0.316 e. The molecule has 0 spiro atoms. The number of benzene rings is 2. The van der Waals surface area contributed by atoms with Crippen LogP contribution in [-0.4, -0.2) is 28.4 Å². The van der Waals surface area contributed by atoms with E-state index in [9.17, 15) is 18.0 Å². The van der Waals surface area contributed by atoms with Crippen molar-refractivity contribution in [2.24, 2.45) is 14.1 Å². The van der Waals surface area contributed by atoms with Crippen LogP contribution in [-0.2, 0) is 24.1 Å². The Hall–Kier alpha value is -2.42. The first-order valence-corrected chi connectivity index (χ1v) is 11.0. The van der Waals surface area contributed by atoms with Crippen LogP contribution in [0.15, 0.2) is 56.9 Å². The average Bonchev–Trinajstić information content (AvgIpc) is 3.21. The van der Waals surface area contributed by atoms with Gasteiger partial charge in [0, 0.05) is 25.7 Å². The summed E-state index contributed by atoms with van der Waals surface area (Å²) in [6, 6.07) is 11.5. The molecule has 7 nitrogen and oxygen atoms in total. The van der Waals surface area contributed by atoms with E-state index >= 15 is 0 Å². The minimum absolute atomic E-state index is 0.0968. The number of aryl methyl sites for hydroxylation is 2. The van der Waals surface area contributed by atoms with Crippen LogP contribution < -0.4 is 11.1 Å². The van der Waals surface area contributed by atoms with Crippen molar-refractivity contribution in [2.75, 3.05) is 6.54 Å². The van der Waals surface area contributed by atoms with Gasteiger partial charge in [0.1, 0.15) is 0 Å². The molecule has 1 fully saturated rings. The van der Waals surface area contributed by atoms with Crippen molar-refractivity contribution in [1.29, 1.82) is 0 Å². The van der Waals surface area contributed by atoms with Crippen LogP contribution in [0.1, 0.15) is 24.4 Å². The smallest absolute Gasteiger partial charge is 0.305 e. The lowest BCUT2D eigenvalue weighted by molar-refractivity contribution is 0.397. The molecule has 1 atom stereocenters. The summed E-state index contributed by atoms with van der Waals surface area (Å²) in [4.78, 5) is 24.3. The van der Waals surface area contributed by atoms with Gasteiger partial charge in [-0.25, -0.2) is 8.42 Å². The topological polar surface area (TPSA) is 81.4 Å². The molecular formula is C20H20ClN3O4S. The first-order chi connectivity index (χ1) is 13.7. The molecule has 1 aromatic heterocycles. The van der Waals surface area contributed by atoms with Crippen molar-refractivity contribution in [2.45, 2.75) is 23.8 Å². The fourth-order valence-electron chi connectivity index (χ4n) is 3.90. The lowest BCUT2D eigenvalue weighted by atomic mass is 10.1. The maximum Gasteiger partial charge on any atom is 0.316 e. The fourth-order valence-corrected chi connectivity index (χ4v) is 5.73. The second kappa shape index (κ2) is 7.12. The summed E-state index contributed by atoms with van der Waals surface area (Å²) in [6.07, 6.45) is 1.48. The maximum absolute atomic E-state index is 13.4. The molecule has 4 rings (SSSR count). The van der Waals surface area contributed by atoms with E-state index < -0.39 is 21.1 Å². The van der Waals surface area contributed by atoms with Crippen LogP contribution in [0.2, 0.25) is 5.02 Å². The van der Waals surface area contributed by atoms with Gasteiger partial charge in [-0.15, -0.1) is 0 Å². The van der Waals surface area contributed by atoms with Crippen molar-refractivity contribution in [3.63, 3.8) is 0 Å². The van der Waals surface area contributed by atoms with Gasteiger partial charge in [-0.3, -0.25) is 9.59 Å². The summed E-state index contributed by atoms with van der Waals surface area (Å²) in [5.74, 6) is 0. The third-order valence-electron chi connectivity index (χ3n) is 5.53. The number of hydrogen-bond donors (Lipinski definition) is 0. The molecule has 1 aliphatic rings. The van der Waals surface area contributed by atoms with Crippen molar-refractivity contribution in [3.05, 3.63) is 73.8 Å². The van der Waals surface area contributed by atoms with Crippen LogP contribution in [0, 0.1) is 0 Å². The Kier molecular flexibility index (Phi) is 4.88. The molecule has 1 aliphatic heterocycles. The Morgan fingerprint density at radius 2 is 1.55 bits per heavy atom. The molecule has 3 aromatic rings. The van der Waals surface area contributed by atoms with Crippen LogP contribution in [0.3, 0.4) is 0 Å². The molecule has 0 unspecified atom stereocenters. The summed E-state index contributed by atoms with van der Waals surface area (Å²) < 4.78 is 30.8. The Balaban J connectivity index is 1.83. The van der Waals surface area contributed by atoms with Gasteiger partial charge in [-0.2, -0.15) is 4.31 Å². The third-order valence-corrected chi connectivity index (χ3v) is 7.68. The molecule has 152 valence electrons. The minimum atomic E-state index is -3.79. The van der Waals surface area contributed by atoms with E-state index in [0.717, 1.165) is 18.4 Å². The quantitative estimate of drug-likeness (QED) is 0.594. The highest BCUT2D eigenvalue weighted by molar-refractivity contribution is 7.89. The van der Waals surface area contributed by atoms with Gasteiger partial charge in [-0.05, 0) is 48.7 Å². The molecular weight excluding hydrogens is 414 g/mol. The highest BCUT2D eigenvalue weighted by Gasteiger charge is 2.36. The van der Waals surface area contributed by atoms with Crippen molar-refractivity contribution >= 4 is 32.7 Å². The summed E-state index contributed by atoms with van der Waals surface area (Å²) in [7, 11) is -0.828. The monoisotopic (exact) mass is 433 g/mol. The van der Waals surface area contributed by atoms with Gasteiger partial charge in [-0.1, -0.05) is 23.7 Å². The minimum Gasteiger partial charge on any atom is -0.305 e. The summed E-state index contributed by atoms with van der Waals surface area (Å²) in [5.41, 5.74) is 0.422. The Labute approximate surface area is 172 Å². The van der Waals surface area contributed by atoms with E-state index in [1.807, 2.05) is 12.1 Å². The van der Waals surface area contributed by atoms with E-state index in [1.165, 1.54) is 39.7 Å². The molecule has 0 aliphatic carbocycles. The van der Waals surface area contributed by atoms with E-state index in [4.69, 9.17) is 11.6 Å².